The number of para-hydroxylation sites is 2. The first-order valence-electron chi connectivity index (χ1n) is 16.5. The molecule has 2 aromatic heterocycles. The normalized spacial score (nSPS) is 10.5. The fourth-order valence-corrected chi connectivity index (χ4v) is 5.51. The lowest BCUT2D eigenvalue weighted by Crippen LogP contribution is -2.33. The number of urea groups is 2. The zero-order valence-electron chi connectivity index (χ0n) is 29.8. The zero-order valence-corrected chi connectivity index (χ0v) is 29.8. The second-order valence-electron chi connectivity index (χ2n) is 11.9. The van der Waals surface area contributed by atoms with Gasteiger partial charge in [-0.25, -0.2) is 69.3 Å². The van der Waals surface area contributed by atoms with Crippen molar-refractivity contribution in [2.45, 2.75) is 20.6 Å². The van der Waals surface area contributed by atoms with Crippen molar-refractivity contribution in [2.24, 2.45) is 17.2 Å². The van der Waals surface area contributed by atoms with E-state index >= 15 is 0 Å². The Morgan fingerprint density at radius 2 is 0.933 bits per heavy atom. The molecule has 6 rings (SSSR count). The smallest absolute Gasteiger partial charge is 0.404 e. The van der Waals surface area contributed by atoms with Crippen molar-refractivity contribution in [3.63, 3.8) is 0 Å². The van der Waals surface area contributed by atoms with Gasteiger partial charge in [0.25, 0.3) is 0 Å². The molecule has 5 amide bonds. The summed E-state index contributed by atoms with van der Waals surface area (Å²) in [5, 5.41) is 9.51. The predicted octanol–water partition coefficient (Wildman–Crippen LogP) is 8.77. The number of carbonyl (C=O) groups excluding carboxylic acids is 3. The lowest BCUT2D eigenvalue weighted by atomic mass is 10.1. The molecule has 12 nitrogen and oxygen atoms in total. The van der Waals surface area contributed by atoms with Crippen LogP contribution in [0.3, 0.4) is 0 Å². The molecular weight excluding hydrogens is 810 g/mol. The third-order valence-electron chi connectivity index (χ3n) is 8.06. The number of nitrogens with two attached hydrogens (primary N) is 3. The molecule has 0 radical (unpaired) electrons. The molecule has 7 N–H and O–H groups in total. The van der Waals surface area contributed by atoms with Gasteiger partial charge in [-0.1, -0.05) is 25.6 Å². The van der Waals surface area contributed by atoms with Crippen LogP contribution in [0.1, 0.15) is 18.6 Å². The van der Waals surface area contributed by atoms with Crippen molar-refractivity contribution in [1.82, 2.24) is 9.97 Å². The first kappa shape index (κ1) is 45.1. The molecule has 0 atom stereocenters. The van der Waals surface area contributed by atoms with Crippen molar-refractivity contribution in [3.8, 4) is 22.5 Å². The Hall–Kier alpha value is -7.61. The molecule has 4 aromatic carbocycles. The van der Waals surface area contributed by atoms with Crippen LogP contribution in [0.2, 0.25) is 0 Å². The highest BCUT2D eigenvalue weighted by atomic mass is 19.2. The molecule has 0 saturated heterocycles. The number of rotatable bonds is 9. The Labute approximate surface area is 335 Å². The van der Waals surface area contributed by atoms with Gasteiger partial charge < -0.3 is 27.0 Å². The van der Waals surface area contributed by atoms with E-state index in [4.69, 9.17) is 21.9 Å². The number of aromatic nitrogens is 2. The van der Waals surface area contributed by atoms with E-state index in [-0.39, 0.29) is 52.7 Å². The number of primary amides is 3. The average molecular weight is 842 g/mol. The van der Waals surface area contributed by atoms with Crippen LogP contribution in [0.4, 0.5) is 72.5 Å². The first-order valence-corrected chi connectivity index (χ1v) is 16.5. The third kappa shape index (κ3) is 9.91. The van der Waals surface area contributed by atoms with E-state index in [9.17, 15) is 54.6 Å². The number of nitrogens with zero attached hydrogens (tertiary/aromatic N) is 4. The predicted molar refractivity (Wildman–Crippen MR) is 202 cm³/mol. The van der Waals surface area contributed by atoms with Crippen LogP contribution in [-0.2, 0) is 18.0 Å². The second-order valence-corrected chi connectivity index (χ2v) is 11.9. The fraction of sp³-hybridized carbons (Fsp3) is 0.0750. The van der Waals surface area contributed by atoms with Crippen LogP contribution < -0.4 is 27.0 Å². The number of benzene rings is 4. The van der Waals surface area contributed by atoms with E-state index in [1.807, 2.05) is 0 Å². The van der Waals surface area contributed by atoms with Crippen molar-refractivity contribution in [1.29, 1.82) is 0 Å². The van der Waals surface area contributed by atoms with Crippen LogP contribution in [-0.4, -0.2) is 33.2 Å². The van der Waals surface area contributed by atoms with E-state index in [0.717, 1.165) is 66.7 Å². The fourth-order valence-electron chi connectivity index (χ4n) is 5.51. The highest BCUT2D eigenvalue weighted by molar-refractivity contribution is 5.99. The molecule has 0 saturated carbocycles. The summed E-state index contributed by atoms with van der Waals surface area (Å²) in [6.07, 6.45) is -1.12. The van der Waals surface area contributed by atoms with Crippen molar-refractivity contribution in [2.75, 3.05) is 9.80 Å². The maximum absolute atomic E-state index is 14.4. The van der Waals surface area contributed by atoms with Gasteiger partial charge in [0.1, 0.15) is 76.2 Å². The van der Waals surface area contributed by atoms with Crippen molar-refractivity contribution < 1.29 is 59.4 Å². The Kier molecular flexibility index (Phi) is 14.4. The number of hydrogen-bond acceptors (Lipinski definition) is 7. The molecule has 0 aliphatic heterocycles. The van der Waals surface area contributed by atoms with E-state index in [0.29, 0.717) is 21.9 Å². The molecule has 20 heteroatoms. The molecule has 0 aliphatic carbocycles. The molecule has 2 heterocycles. The average Bonchev–Trinajstić information content (AvgIpc) is 3.17. The third-order valence-corrected chi connectivity index (χ3v) is 8.06. The molecule has 312 valence electrons. The summed E-state index contributed by atoms with van der Waals surface area (Å²) in [5.74, 6) is -8.69. The number of aliphatic hydroxyl groups excluding tert-OH is 1. The standard InChI is InChI=1S/C20H14F4N4O3.C19H13F4N3O2.CH4/c21-11-5-6-12(15(24)8-11)17-10(9-31-20(26)30)4-7-16(27-17)28(19(25)29)18-13(22)2-1-3-14(18)23;20-11-5-6-12(15(23)8-11)17-10(9-27)4-7-16(25-17)26(19(24)28)18-13(21)2-1-3-14(18)22;/h1-8H,9H2,(H2,25,29)(H2,26,30);1-8,27H,9H2,(H2,24,28);1H4. The number of amides is 5. The maximum atomic E-state index is 14.4. The molecular formula is C40H31F8N7O5. The minimum atomic E-state index is -1.27. The maximum Gasteiger partial charge on any atom is 0.404 e. The zero-order chi connectivity index (χ0) is 43.1. The van der Waals surface area contributed by atoms with Gasteiger partial charge in [0.15, 0.2) is 0 Å². The van der Waals surface area contributed by atoms with E-state index < -0.39 is 89.3 Å². The summed E-state index contributed by atoms with van der Waals surface area (Å²) in [5.41, 5.74) is 13.5. The number of pyridine rings is 2. The molecule has 0 unspecified atom stereocenters. The van der Waals surface area contributed by atoms with Gasteiger partial charge >= 0.3 is 18.2 Å². The Morgan fingerprint density at radius 3 is 1.28 bits per heavy atom. The van der Waals surface area contributed by atoms with Gasteiger partial charge in [-0.3, -0.25) is 0 Å². The molecule has 0 aliphatic rings. The topological polar surface area (TPSA) is 191 Å². The van der Waals surface area contributed by atoms with Crippen molar-refractivity contribution in [3.05, 3.63) is 155 Å². The number of anilines is 4. The van der Waals surface area contributed by atoms with Crippen LogP contribution in [0.5, 0.6) is 0 Å². The van der Waals surface area contributed by atoms with Crippen molar-refractivity contribution >= 4 is 41.2 Å². The second kappa shape index (κ2) is 19.2. The van der Waals surface area contributed by atoms with Gasteiger partial charge in [-0.2, -0.15) is 0 Å². The Bertz CT molecular complexity index is 2540. The monoisotopic (exact) mass is 841 g/mol. The van der Waals surface area contributed by atoms with Gasteiger partial charge in [0, 0.05) is 34.4 Å². The summed E-state index contributed by atoms with van der Waals surface area (Å²) in [7, 11) is 0. The summed E-state index contributed by atoms with van der Waals surface area (Å²) < 4.78 is 117. The minimum absolute atomic E-state index is 0. The van der Waals surface area contributed by atoms with Crippen LogP contribution in [0.15, 0.2) is 97.1 Å². The highest BCUT2D eigenvalue weighted by Crippen LogP contribution is 2.35. The molecule has 0 spiro atoms. The van der Waals surface area contributed by atoms with E-state index in [1.54, 1.807) is 0 Å². The summed E-state index contributed by atoms with van der Waals surface area (Å²) in [6.45, 7) is -0.997. The van der Waals surface area contributed by atoms with Crippen LogP contribution in [0.25, 0.3) is 22.5 Å². The lowest BCUT2D eigenvalue weighted by molar-refractivity contribution is 0.150. The number of hydrogen-bond donors (Lipinski definition) is 4. The summed E-state index contributed by atoms with van der Waals surface area (Å²) >= 11 is 0. The molecule has 0 fully saturated rings. The highest BCUT2D eigenvalue weighted by Gasteiger charge is 2.27. The number of ether oxygens (including phenoxy) is 1. The van der Waals surface area contributed by atoms with Crippen LogP contribution in [0, 0.1) is 46.5 Å². The van der Waals surface area contributed by atoms with Gasteiger partial charge in [-0.05, 0) is 66.7 Å². The van der Waals surface area contributed by atoms with E-state index in [1.165, 1.54) is 18.2 Å². The van der Waals surface area contributed by atoms with Crippen LogP contribution >= 0.6 is 0 Å². The van der Waals surface area contributed by atoms with Gasteiger partial charge in [0.05, 0.1) is 18.0 Å². The number of aliphatic hydroxyl groups is 1. The number of carbonyl (C=O) groups is 3. The Balaban J connectivity index is 0.000000262. The minimum Gasteiger partial charge on any atom is -0.445 e. The van der Waals surface area contributed by atoms with Gasteiger partial charge in [0.2, 0.25) is 0 Å². The SMILES string of the molecule is C.NC(=O)N(c1ccc(CO)c(-c2ccc(F)cc2F)n1)c1c(F)cccc1F.NC(=O)OCc1ccc(N(C(N)=O)c2c(F)cccc2F)nc1-c1ccc(F)cc1F. The number of halogens is 8. The quantitative estimate of drug-likeness (QED) is 0.105. The molecule has 60 heavy (non-hydrogen) atoms. The summed E-state index contributed by atoms with van der Waals surface area (Å²) in [4.78, 5) is 44.0. The summed E-state index contributed by atoms with van der Waals surface area (Å²) in [6, 6.07) is 13.5. The van der Waals surface area contributed by atoms with E-state index in [2.05, 4.69) is 9.97 Å². The Morgan fingerprint density at radius 1 is 0.550 bits per heavy atom. The molecule has 6 aromatic rings. The largest absolute Gasteiger partial charge is 0.445 e. The molecule has 0 bridgehead atoms. The lowest BCUT2D eigenvalue weighted by Gasteiger charge is -2.22. The first-order chi connectivity index (χ1) is 28.0. The van der Waals surface area contributed by atoms with Gasteiger partial charge in [-0.15, -0.1) is 0 Å².